The molecule has 0 saturated heterocycles. The Morgan fingerprint density at radius 1 is 1.30 bits per heavy atom. The van der Waals surface area contributed by atoms with E-state index in [9.17, 15) is 14.4 Å². The molecular weight excluding hydrogens is 352 g/mol. The van der Waals surface area contributed by atoms with Crippen LogP contribution in [0.5, 0.6) is 0 Å². The van der Waals surface area contributed by atoms with Gasteiger partial charge in [-0.2, -0.15) is 0 Å². The predicted octanol–water partition coefficient (Wildman–Crippen LogP) is 0.530. The van der Waals surface area contributed by atoms with Gasteiger partial charge in [0.25, 0.3) is 11.4 Å². The predicted molar refractivity (Wildman–Crippen MR) is 97.0 cm³/mol. The molecule has 2 aromatic heterocycles. The number of hydrogen-bond donors (Lipinski definition) is 2. The van der Waals surface area contributed by atoms with Crippen molar-refractivity contribution in [3.05, 3.63) is 34.7 Å². The van der Waals surface area contributed by atoms with Gasteiger partial charge in [-0.25, -0.2) is 4.98 Å². The van der Waals surface area contributed by atoms with E-state index >= 15 is 0 Å². The summed E-state index contributed by atoms with van der Waals surface area (Å²) < 4.78 is 6.54. The summed E-state index contributed by atoms with van der Waals surface area (Å²) in [4.78, 5) is 40.7. The van der Waals surface area contributed by atoms with Gasteiger partial charge >= 0.3 is 0 Å². The Morgan fingerprint density at radius 3 is 2.52 bits per heavy atom. The number of Topliss-reactive ketones (excluding diaryl/α,β-unsaturated/α-hetero) is 1. The fourth-order valence-electron chi connectivity index (χ4n) is 2.25. The van der Waals surface area contributed by atoms with Crippen molar-refractivity contribution in [1.82, 2.24) is 25.1 Å². The lowest BCUT2D eigenvalue weighted by Gasteiger charge is -2.20. The minimum Gasteiger partial charge on any atom is -0.418 e. The molecule has 0 aliphatic heterocycles. The molecule has 1 atom stereocenters. The van der Waals surface area contributed by atoms with Gasteiger partial charge in [-0.3, -0.25) is 19.0 Å². The third-order valence-electron chi connectivity index (χ3n) is 3.78. The first kappa shape index (κ1) is 20.3. The Labute approximate surface area is 156 Å². The van der Waals surface area contributed by atoms with Crippen LogP contribution in [0, 0.1) is 5.92 Å². The van der Waals surface area contributed by atoms with E-state index in [0.29, 0.717) is 5.89 Å². The first-order valence-electron chi connectivity index (χ1n) is 8.48. The molecule has 1 unspecified atom stereocenters. The van der Waals surface area contributed by atoms with Gasteiger partial charge in [-0.1, -0.05) is 34.6 Å². The number of carbonyl (C=O) groups excluding carboxylic acids is 2. The highest BCUT2D eigenvalue weighted by Gasteiger charge is 2.31. The normalized spacial score (nSPS) is 12.8. The molecule has 0 aliphatic carbocycles. The molecule has 1 amide bonds. The molecular formula is C17H24N6O4. The van der Waals surface area contributed by atoms with Gasteiger partial charge in [0.2, 0.25) is 17.6 Å². The van der Waals surface area contributed by atoms with E-state index in [2.05, 4.69) is 20.5 Å². The summed E-state index contributed by atoms with van der Waals surface area (Å²) in [7, 11) is 0. The topological polar surface area (TPSA) is 146 Å². The average Bonchev–Trinajstić information content (AvgIpc) is 3.06. The quantitative estimate of drug-likeness (QED) is 0.694. The number of aromatic nitrogens is 4. The van der Waals surface area contributed by atoms with Crippen molar-refractivity contribution < 1.29 is 14.0 Å². The third-order valence-corrected chi connectivity index (χ3v) is 3.78. The number of hydrogen-bond acceptors (Lipinski definition) is 8. The van der Waals surface area contributed by atoms with Crippen LogP contribution in [0.1, 0.15) is 51.2 Å². The third kappa shape index (κ3) is 4.78. The molecule has 0 spiro atoms. The van der Waals surface area contributed by atoms with Gasteiger partial charge in [-0.05, 0) is 5.92 Å². The van der Waals surface area contributed by atoms with Crippen LogP contribution >= 0.6 is 0 Å². The molecule has 3 N–H and O–H groups in total. The Morgan fingerprint density at radius 2 is 1.96 bits per heavy atom. The number of anilines is 1. The molecule has 0 saturated carbocycles. The Balaban J connectivity index is 2.16. The van der Waals surface area contributed by atoms with Crippen LogP contribution in [0.2, 0.25) is 0 Å². The van der Waals surface area contributed by atoms with Crippen molar-refractivity contribution >= 4 is 17.4 Å². The van der Waals surface area contributed by atoms with Gasteiger partial charge in [0.05, 0.1) is 18.6 Å². The van der Waals surface area contributed by atoms with Crippen molar-refractivity contribution in [3.63, 3.8) is 0 Å². The summed E-state index contributed by atoms with van der Waals surface area (Å²) in [6, 6.07) is -0.879. The Kier molecular flexibility index (Phi) is 5.77. The largest absolute Gasteiger partial charge is 0.418 e. The highest BCUT2D eigenvalue weighted by atomic mass is 16.4. The summed E-state index contributed by atoms with van der Waals surface area (Å²) >= 11 is 0. The molecule has 10 nitrogen and oxygen atoms in total. The second-order valence-electron chi connectivity index (χ2n) is 7.60. The molecule has 27 heavy (non-hydrogen) atoms. The van der Waals surface area contributed by atoms with Crippen molar-refractivity contribution in [2.24, 2.45) is 5.92 Å². The number of nitrogens with zero attached hydrogens (tertiary/aromatic N) is 4. The van der Waals surface area contributed by atoms with E-state index in [0.717, 1.165) is 4.57 Å². The molecule has 0 fully saturated rings. The van der Waals surface area contributed by atoms with Crippen LogP contribution in [0.3, 0.4) is 0 Å². The molecule has 0 bridgehead atoms. The highest BCUT2D eigenvalue weighted by Crippen LogP contribution is 2.21. The maximum atomic E-state index is 12.7. The zero-order valence-corrected chi connectivity index (χ0v) is 16.0. The molecule has 146 valence electrons. The van der Waals surface area contributed by atoms with Crippen LogP contribution in [-0.4, -0.2) is 37.5 Å². The first-order chi connectivity index (χ1) is 12.5. The molecule has 2 heterocycles. The second kappa shape index (κ2) is 7.68. The zero-order chi connectivity index (χ0) is 20.4. The van der Waals surface area contributed by atoms with E-state index < -0.39 is 28.7 Å². The number of nitrogen functional groups attached to an aromatic ring is 1. The number of carbonyl (C=O) groups is 2. The minimum absolute atomic E-state index is 0.0673. The van der Waals surface area contributed by atoms with Crippen LogP contribution < -0.4 is 16.6 Å². The van der Waals surface area contributed by atoms with Gasteiger partial charge in [0, 0.05) is 5.41 Å². The lowest BCUT2D eigenvalue weighted by Crippen LogP contribution is -2.46. The Hall–Kier alpha value is -3.04. The fourth-order valence-corrected chi connectivity index (χ4v) is 2.25. The SMILES string of the molecule is CC(C)C(NC(=O)Cn1cncc(N)c1=O)C(=O)c1nnc(C(C)(C)C)o1. The van der Waals surface area contributed by atoms with Crippen LogP contribution in [0.4, 0.5) is 5.69 Å². The first-order valence-corrected chi connectivity index (χ1v) is 8.48. The smallest absolute Gasteiger partial charge is 0.286 e. The molecule has 0 radical (unpaired) electrons. The highest BCUT2D eigenvalue weighted by molar-refractivity contribution is 5.98. The van der Waals surface area contributed by atoms with Gasteiger partial charge in [0.1, 0.15) is 12.2 Å². The van der Waals surface area contributed by atoms with Crippen LogP contribution in [-0.2, 0) is 16.8 Å². The maximum Gasteiger partial charge on any atom is 0.286 e. The van der Waals surface area contributed by atoms with E-state index in [1.807, 2.05) is 20.8 Å². The number of ketones is 1. The number of nitrogens with two attached hydrogens (primary N) is 1. The number of nitrogens with one attached hydrogen (secondary N) is 1. The van der Waals surface area contributed by atoms with Crippen molar-refractivity contribution in [3.8, 4) is 0 Å². The van der Waals surface area contributed by atoms with Crippen LogP contribution in [0.25, 0.3) is 0 Å². The Bertz CT molecular complexity index is 893. The average molecular weight is 376 g/mol. The van der Waals surface area contributed by atoms with Crippen LogP contribution in [0.15, 0.2) is 21.7 Å². The molecule has 10 heteroatoms. The summed E-state index contributed by atoms with van der Waals surface area (Å²) in [6.45, 7) is 8.89. The number of amides is 1. The van der Waals surface area contributed by atoms with Gasteiger partial charge in [-0.15, -0.1) is 10.2 Å². The monoisotopic (exact) mass is 376 g/mol. The van der Waals surface area contributed by atoms with E-state index in [4.69, 9.17) is 10.2 Å². The lowest BCUT2D eigenvalue weighted by atomic mass is 9.97. The van der Waals surface area contributed by atoms with Crippen molar-refractivity contribution in [2.75, 3.05) is 5.73 Å². The summed E-state index contributed by atoms with van der Waals surface area (Å²) in [5.74, 6) is -1.09. The number of rotatable bonds is 6. The summed E-state index contributed by atoms with van der Waals surface area (Å²) in [5.41, 5.74) is 4.50. The van der Waals surface area contributed by atoms with Crippen molar-refractivity contribution in [1.29, 1.82) is 0 Å². The van der Waals surface area contributed by atoms with Gasteiger partial charge in [0.15, 0.2) is 0 Å². The second-order valence-corrected chi connectivity index (χ2v) is 7.60. The molecule has 0 aromatic carbocycles. The van der Waals surface area contributed by atoms with Gasteiger partial charge < -0.3 is 15.5 Å². The van der Waals surface area contributed by atoms with E-state index in [1.165, 1.54) is 12.5 Å². The van der Waals surface area contributed by atoms with E-state index in [-0.39, 0.29) is 24.0 Å². The summed E-state index contributed by atoms with van der Waals surface area (Å²) in [5, 5.41) is 10.3. The maximum absolute atomic E-state index is 12.7. The fraction of sp³-hybridized carbons (Fsp3) is 0.529. The standard InChI is InChI=1S/C17H24N6O4/c1-9(2)12(13(25)14-21-22-16(27-14)17(3,4)5)20-11(24)7-23-8-19-6-10(18)15(23)26/h6,8-9,12H,7,18H2,1-5H3,(H,20,24). The lowest BCUT2D eigenvalue weighted by molar-refractivity contribution is -0.122. The molecule has 2 aromatic rings. The molecule has 0 aliphatic rings. The molecule has 2 rings (SSSR count). The van der Waals surface area contributed by atoms with Crippen molar-refractivity contribution in [2.45, 2.75) is 52.6 Å². The zero-order valence-electron chi connectivity index (χ0n) is 16.0. The summed E-state index contributed by atoms with van der Waals surface area (Å²) in [6.07, 6.45) is 2.41. The van der Waals surface area contributed by atoms with E-state index in [1.54, 1.807) is 13.8 Å². The minimum atomic E-state index is -0.879.